The maximum atomic E-state index is 13.6. The first kappa shape index (κ1) is 30.7. The fourth-order valence-electron chi connectivity index (χ4n) is 4.48. The highest BCUT2D eigenvalue weighted by molar-refractivity contribution is 5.94. The lowest BCUT2D eigenvalue weighted by Crippen LogP contribution is -2.58. The van der Waals surface area contributed by atoms with Gasteiger partial charge in [0.2, 0.25) is 17.7 Å². The van der Waals surface area contributed by atoms with Gasteiger partial charge < -0.3 is 36.8 Å². The monoisotopic (exact) mass is 586 g/mol. The van der Waals surface area contributed by atoms with E-state index in [2.05, 4.69) is 35.9 Å². The summed E-state index contributed by atoms with van der Waals surface area (Å²) in [4.78, 5) is 66.0. The van der Waals surface area contributed by atoms with Crippen molar-refractivity contribution in [1.29, 1.82) is 0 Å². The van der Waals surface area contributed by atoms with Crippen LogP contribution in [0, 0.1) is 0 Å². The van der Waals surface area contributed by atoms with E-state index in [1.54, 1.807) is 42.7 Å². The first-order valence-corrected chi connectivity index (χ1v) is 13.7. The normalized spacial score (nSPS) is 13.7. The molecule has 2 heterocycles. The van der Waals surface area contributed by atoms with E-state index in [1.165, 1.54) is 12.7 Å². The Bertz CT molecular complexity index is 1460. The summed E-state index contributed by atoms with van der Waals surface area (Å²) in [5.41, 5.74) is 8.70. The fourth-order valence-corrected chi connectivity index (χ4v) is 4.48. The molecule has 2 aromatic carbocycles. The SMILES string of the molecule is N[C@@H](Cc1ccccc1)C(=O)N[C@@H](Cc1c[nH]cn1)C(=O)N[C@@H](Cc1c[nH]cn1)C(=O)N[C@@H](Cc1ccccc1)C(=O)O. The second kappa shape index (κ2) is 15.1. The zero-order valence-electron chi connectivity index (χ0n) is 23.3. The number of H-pyrrole nitrogens is 2. The van der Waals surface area contributed by atoms with E-state index in [9.17, 15) is 24.3 Å². The zero-order valence-corrected chi connectivity index (χ0v) is 23.3. The summed E-state index contributed by atoms with van der Waals surface area (Å²) >= 11 is 0. The molecule has 0 fully saturated rings. The van der Waals surface area contributed by atoms with E-state index in [-0.39, 0.29) is 25.7 Å². The Balaban J connectivity index is 1.50. The molecule has 3 amide bonds. The van der Waals surface area contributed by atoms with Crippen LogP contribution < -0.4 is 21.7 Å². The van der Waals surface area contributed by atoms with Crippen LogP contribution in [0.1, 0.15) is 22.5 Å². The number of nitrogens with zero attached hydrogens (tertiary/aromatic N) is 2. The van der Waals surface area contributed by atoms with E-state index < -0.39 is 47.9 Å². The highest BCUT2D eigenvalue weighted by Crippen LogP contribution is 2.08. The molecular formula is C30H34N8O5. The summed E-state index contributed by atoms with van der Waals surface area (Å²) in [5.74, 6) is -3.17. The van der Waals surface area contributed by atoms with Gasteiger partial charge >= 0.3 is 5.97 Å². The number of carbonyl (C=O) groups is 4. The fraction of sp³-hybridized carbons (Fsp3) is 0.267. The van der Waals surface area contributed by atoms with Gasteiger partial charge in [0.05, 0.1) is 30.1 Å². The molecule has 43 heavy (non-hydrogen) atoms. The van der Waals surface area contributed by atoms with E-state index >= 15 is 0 Å². The minimum atomic E-state index is -1.25. The number of carboxylic acid groups (broad SMARTS) is 1. The molecule has 0 bridgehead atoms. The Labute approximate surface area is 247 Å². The first-order chi connectivity index (χ1) is 20.8. The highest BCUT2D eigenvalue weighted by atomic mass is 16.4. The third-order valence-corrected chi connectivity index (χ3v) is 6.73. The van der Waals surface area contributed by atoms with Crippen molar-refractivity contribution in [2.45, 2.75) is 49.9 Å². The van der Waals surface area contributed by atoms with Crippen LogP contribution in [0.15, 0.2) is 85.7 Å². The van der Waals surface area contributed by atoms with Crippen molar-refractivity contribution in [2.75, 3.05) is 0 Å². The molecule has 0 aliphatic rings. The Morgan fingerprint density at radius 2 is 1.09 bits per heavy atom. The van der Waals surface area contributed by atoms with Crippen molar-refractivity contribution in [3.8, 4) is 0 Å². The minimum Gasteiger partial charge on any atom is -0.480 e. The number of carboxylic acids is 1. The Morgan fingerprint density at radius 3 is 1.53 bits per heavy atom. The Morgan fingerprint density at radius 1 is 0.651 bits per heavy atom. The topological polar surface area (TPSA) is 208 Å². The number of aliphatic carboxylic acids is 1. The lowest BCUT2D eigenvalue weighted by atomic mass is 10.0. The van der Waals surface area contributed by atoms with Crippen molar-refractivity contribution in [3.05, 3.63) is 108 Å². The van der Waals surface area contributed by atoms with Gasteiger partial charge in [-0.15, -0.1) is 0 Å². The van der Waals surface area contributed by atoms with Crippen molar-refractivity contribution in [1.82, 2.24) is 35.9 Å². The Kier molecular flexibility index (Phi) is 10.7. The van der Waals surface area contributed by atoms with Gasteiger partial charge in [-0.05, 0) is 17.5 Å². The van der Waals surface area contributed by atoms with E-state index in [0.717, 1.165) is 11.1 Å². The lowest BCUT2D eigenvalue weighted by molar-refractivity contribution is -0.142. The van der Waals surface area contributed by atoms with Gasteiger partial charge in [0.15, 0.2) is 0 Å². The first-order valence-electron chi connectivity index (χ1n) is 13.7. The number of hydrogen-bond donors (Lipinski definition) is 7. The molecule has 13 heteroatoms. The average Bonchev–Trinajstić information content (AvgIpc) is 3.72. The maximum absolute atomic E-state index is 13.6. The number of benzene rings is 2. The molecule has 224 valence electrons. The summed E-state index contributed by atoms with van der Waals surface area (Å²) in [6, 6.07) is 13.6. The van der Waals surface area contributed by atoms with Crippen molar-refractivity contribution in [3.63, 3.8) is 0 Å². The average molecular weight is 587 g/mol. The smallest absolute Gasteiger partial charge is 0.326 e. The van der Waals surface area contributed by atoms with Crippen LogP contribution in [-0.2, 0) is 44.9 Å². The van der Waals surface area contributed by atoms with Crippen LogP contribution in [0.25, 0.3) is 0 Å². The van der Waals surface area contributed by atoms with Gasteiger partial charge in [-0.2, -0.15) is 0 Å². The molecule has 0 saturated heterocycles. The van der Waals surface area contributed by atoms with Crippen LogP contribution in [0.5, 0.6) is 0 Å². The van der Waals surface area contributed by atoms with E-state index in [1.807, 2.05) is 30.3 Å². The Hall–Kier alpha value is -5.30. The number of carbonyl (C=O) groups excluding carboxylic acids is 3. The van der Waals surface area contributed by atoms with Gasteiger partial charge in [-0.3, -0.25) is 14.4 Å². The molecule has 0 aliphatic carbocycles. The van der Waals surface area contributed by atoms with Gasteiger partial charge in [0.25, 0.3) is 0 Å². The number of amides is 3. The predicted octanol–water partition coefficient (Wildman–Crippen LogP) is 0.270. The second-order valence-corrected chi connectivity index (χ2v) is 10.0. The van der Waals surface area contributed by atoms with Crippen molar-refractivity contribution < 1.29 is 24.3 Å². The molecular weight excluding hydrogens is 552 g/mol. The molecule has 0 aliphatic heterocycles. The number of nitrogens with one attached hydrogen (secondary N) is 5. The molecule has 4 aromatic rings. The molecule has 0 unspecified atom stereocenters. The lowest BCUT2D eigenvalue weighted by Gasteiger charge is -2.25. The zero-order chi connectivity index (χ0) is 30.6. The quantitative estimate of drug-likeness (QED) is 0.103. The number of imidazole rings is 2. The predicted molar refractivity (Wildman–Crippen MR) is 156 cm³/mol. The van der Waals surface area contributed by atoms with Crippen LogP contribution in [0.4, 0.5) is 0 Å². The molecule has 0 saturated carbocycles. The van der Waals surface area contributed by atoms with Crippen molar-refractivity contribution in [2.24, 2.45) is 5.73 Å². The summed E-state index contributed by atoms with van der Waals surface area (Å²) in [6.45, 7) is 0. The van der Waals surface area contributed by atoms with Crippen LogP contribution in [-0.4, -0.2) is 72.9 Å². The van der Waals surface area contributed by atoms with E-state index in [4.69, 9.17) is 5.73 Å². The highest BCUT2D eigenvalue weighted by Gasteiger charge is 2.31. The molecule has 4 atom stereocenters. The number of aromatic nitrogens is 4. The number of nitrogens with two attached hydrogens (primary N) is 1. The summed E-state index contributed by atoms with van der Waals surface area (Å²) < 4.78 is 0. The molecule has 0 spiro atoms. The van der Waals surface area contributed by atoms with Gasteiger partial charge in [0, 0.05) is 31.7 Å². The van der Waals surface area contributed by atoms with Gasteiger partial charge in [-0.1, -0.05) is 60.7 Å². The van der Waals surface area contributed by atoms with Crippen LogP contribution >= 0.6 is 0 Å². The summed E-state index contributed by atoms with van der Waals surface area (Å²) in [5, 5.41) is 17.7. The largest absolute Gasteiger partial charge is 0.480 e. The molecule has 2 aromatic heterocycles. The molecule has 13 nitrogen and oxygen atoms in total. The maximum Gasteiger partial charge on any atom is 0.326 e. The third kappa shape index (κ3) is 9.36. The second-order valence-electron chi connectivity index (χ2n) is 10.0. The number of rotatable bonds is 15. The van der Waals surface area contributed by atoms with Gasteiger partial charge in [-0.25, -0.2) is 14.8 Å². The molecule has 4 rings (SSSR count). The summed E-state index contributed by atoms with van der Waals surface area (Å²) in [7, 11) is 0. The third-order valence-electron chi connectivity index (χ3n) is 6.73. The number of aromatic amines is 2. The minimum absolute atomic E-state index is 0.0155. The number of hydrogen-bond acceptors (Lipinski definition) is 7. The van der Waals surface area contributed by atoms with Gasteiger partial charge in [0.1, 0.15) is 18.1 Å². The molecule has 0 radical (unpaired) electrons. The van der Waals surface area contributed by atoms with Crippen LogP contribution in [0.2, 0.25) is 0 Å². The van der Waals surface area contributed by atoms with Crippen LogP contribution in [0.3, 0.4) is 0 Å². The van der Waals surface area contributed by atoms with E-state index in [0.29, 0.717) is 11.4 Å². The molecule has 8 N–H and O–H groups in total. The summed E-state index contributed by atoms with van der Waals surface area (Å²) in [6.07, 6.45) is 6.31. The van der Waals surface area contributed by atoms with Crippen molar-refractivity contribution >= 4 is 23.7 Å². The standard InChI is InChI=1S/C30H34N8O5/c31-23(11-19-7-3-1-4-8-19)27(39)36-24(13-21-15-32-17-34-21)28(40)37-25(14-22-16-33-18-35-22)29(41)38-26(30(42)43)12-20-9-5-2-6-10-20/h1-10,15-18,23-26H,11-14,31H2,(H,32,34)(H,33,35)(H,36,39)(H,37,40)(H,38,41)(H,42,43)/t23-,24-,25-,26-/m0/s1.